The molecule has 0 saturated heterocycles. The van der Waals surface area contributed by atoms with Gasteiger partial charge in [0.25, 0.3) is 0 Å². The number of hydrogen-bond donors (Lipinski definition) is 1. The smallest absolute Gasteiger partial charge is 0.243 e. The van der Waals surface area contributed by atoms with Gasteiger partial charge in [-0.05, 0) is 46.9 Å². The number of carbonyl (C=O) groups excluding carboxylic acids is 2. The first-order valence-electron chi connectivity index (χ1n) is 11.6. The lowest BCUT2D eigenvalue weighted by Gasteiger charge is -2.32. The van der Waals surface area contributed by atoms with Gasteiger partial charge in [0.05, 0.1) is 6.42 Å². The standard InChI is InChI=1S/C28H28Cl4N2O2/c1-18(2)16-33-28(36)26(12-19-6-4-3-5-7-19)34(17-21-9-11-23(30)15-25(21)32)27(35)13-20-8-10-22(29)14-24(20)31/h3-11,14-15,18,26H,12-13,16-17H2,1-2H3,(H,33,36)/t26-/m0/s1. The molecular weight excluding hydrogens is 538 g/mol. The molecule has 1 N–H and O–H groups in total. The van der Waals surface area contributed by atoms with Crippen molar-refractivity contribution in [3.63, 3.8) is 0 Å². The average molecular weight is 566 g/mol. The summed E-state index contributed by atoms with van der Waals surface area (Å²) in [5.41, 5.74) is 2.25. The van der Waals surface area contributed by atoms with E-state index < -0.39 is 6.04 Å². The van der Waals surface area contributed by atoms with Crippen molar-refractivity contribution in [2.24, 2.45) is 5.92 Å². The zero-order chi connectivity index (χ0) is 26.2. The van der Waals surface area contributed by atoms with Gasteiger partial charge in [0.2, 0.25) is 11.8 Å². The van der Waals surface area contributed by atoms with Crippen molar-refractivity contribution in [1.82, 2.24) is 10.2 Å². The van der Waals surface area contributed by atoms with Crippen molar-refractivity contribution in [1.29, 1.82) is 0 Å². The third-order valence-corrected chi connectivity index (χ3v) is 6.84. The Labute approximate surface area is 232 Å². The maximum atomic E-state index is 13.8. The Morgan fingerprint density at radius 3 is 1.97 bits per heavy atom. The third-order valence-electron chi connectivity index (χ3n) is 5.67. The van der Waals surface area contributed by atoms with Crippen molar-refractivity contribution >= 4 is 58.2 Å². The summed E-state index contributed by atoms with van der Waals surface area (Å²) < 4.78 is 0. The third kappa shape index (κ3) is 8.14. The molecule has 3 aromatic carbocycles. The van der Waals surface area contributed by atoms with Gasteiger partial charge in [-0.1, -0.05) is 103 Å². The van der Waals surface area contributed by atoms with Crippen LogP contribution in [0.4, 0.5) is 0 Å². The normalized spacial score (nSPS) is 11.9. The lowest BCUT2D eigenvalue weighted by Crippen LogP contribution is -2.51. The second kappa shape index (κ2) is 13.3. The van der Waals surface area contributed by atoms with E-state index in [2.05, 4.69) is 5.32 Å². The monoisotopic (exact) mass is 564 g/mol. The molecule has 190 valence electrons. The molecule has 0 radical (unpaired) electrons. The molecular formula is C28H28Cl4N2O2. The van der Waals surface area contributed by atoms with E-state index in [1.165, 1.54) is 0 Å². The fraction of sp³-hybridized carbons (Fsp3) is 0.286. The Morgan fingerprint density at radius 1 is 0.833 bits per heavy atom. The number of rotatable bonds is 10. The van der Waals surface area contributed by atoms with Crippen molar-refractivity contribution in [3.8, 4) is 0 Å². The SMILES string of the molecule is CC(C)CNC(=O)[C@H](Cc1ccccc1)N(Cc1ccc(Cl)cc1Cl)C(=O)Cc1ccc(Cl)cc1Cl. The van der Waals surface area contributed by atoms with Gasteiger partial charge in [-0.25, -0.2) is 0 Å². The number of amides is 2. The lowest BCUT2D eigenvalue weighted by molar-refractivity contribution is -0.140. The van der Waals surface area contributed by atoms with E-state index in [0.717, 1.165) is 5.56 Å². The maximum Gasteiger partial charge on any atom is 0.243 e. The second-order valence-electron chi connectivity index (χ2n) is 9.01. The minimum absolute atomic E-state index is 0.00393. The van der Waals surface area contributed by atoms with Crippen LogP contribution in [0.2, 0.25) is 20.1 Å². The van der Waals surface area contributed by atoms with Crippen LogP contribution in [-0.2, 0) is 29.0 Å². The van der Waals surface area contributed by atoms with E-state index in [4.69, 9.17) is 46.4 Å². The second-order valence-corrected chi connectivity index (χ2v) is 10.7. The minimum atomic E-state index is -0.767. The predicted octanol–water partition coefficient (Wildman–Crippen LogP) is 7.26. The van der Waals surface area contributed by atoms with Crippen LogP contribution in [0, 0.1) is 5.92 Å². The summed E-state index contributed by atoms with van der Waals surface area (Å²) in [5.74, 6) is -0.229. The first kappa shape index (κ1) is 28.3. The van der Waals surface area contributed by atoms with Gasteiger partial charge in [0, 0.05) is 39.6 Å². The van der Waals surface area contributed by atoms with Gasteiger partial charge in [-0.15, -0.1) is 0 Å². The Balaban J connectivity index is 2.00. The number of benzene rings is 3. The maximum absolute atomic E-state index is 13.8. The topological polar surface area (TPSA) is 49.4 Å². The molecule has 0 aliphatic carbocycles. The summed E-state index contributed by atoms with van der Waals surface area (Å²) in [6, 6.07) is 19.0. The van der Waals surface area contributed by atoms with E-state index in [1.54, 1.807) is 41.3 Å². The van der Waals surface area contributed by atoms with Crippen LogP contribution in [0.25, 0.3) is 0 Å². The average Bonchev–Trinajstić information content (AvgIpc) is 2.83. The molecule has 0 spiro atoms. The fourth-order valence-electron chi connectivity index (χ4n) is 3.74. The molecule has 0 aliphatic rings. The molecule has 2 amide bonds. The number of carbonyl (C=O) groups is 2. The van der Waals surface area contributed by atoms with Gasteiger partial charge >= 0.3 is 0 Å². The van der Waals surface area contributed by atoms with Crippen LogP contribution in [0.15, 0.2) is 66.7 Å². The highest BCUT2D eigenvalue weighted by atomic mass is 35.5. The number of hydrogen-bond acceptors (Lipinski definition) is 2. The molecule has 3 aromatic rings. The number of nitrogens with one attached hydrogen (secondary N) is 1. The zero-order valence-corrected chi connectivity index (χ0v) is 23.1. The first-order valence-corrected chi connectivity index (χ1v) is 13.1. The summed E-state index contributed by atoms with van der Waals surface area (Å²) in [5, 5.41) is 4.79. The fourth-order valence-corrected chi connectivity index (χ4v) is 4.68. The van der Waals surface area contributed by atoms with Crippen molar-refractivity contribution in [2.45, 2.75) is 39.3 Å². The molecule has 3 rings (SSSR count). The summed E-state index contributed by atoms with van der Waals surface area (Å²) in [6.07, 6.45) is 0.347. The van der Waals surface area contributed by atoms with Crippen LogP contribution >= 0.6 is 46.4 Å². The quantitative estimate of drug-likeness (QED) is 0.281. The summed E-state index contributed by atoms with van der Waals surface area (Å²) in [4.78, 5) is 28.9. The number of halogens is 4. The zero-order valence-electron chi connectivity index (χ0n) is 20.1. The molecule has 0 fully saturated rings. The van der Waals surface area contributed by atoms with Crippen molar-refractivity contribution < 1.29 is 9.59 Å². The van der Waals surface area contributed by atoms with E-state index >= 15 is 0 Å². The molecule has 0 aromatic heterocycles. The van der Waals surface area contributed by atoms with Crippen LogP contribution in [0.5, 0.6) is 0 Å². The summed E-state index contributed by atoms with van der Waals surface area (Å²) in [6.45, 7) is 4.67. The van der Waals surface area contributed by atoms with Gasteiger partial charge in [0.1, 0.15) is 6.04 Å². The van der Waals surface area contributed by atoms with Gasteiger partial charge in [0.15, 0.2) is 0 Å². The van der Waals surface area contributed by atoms with E-state index in [1.807, 2.05) is 44.2 Å². The molecule has 36 heavy (non-hydrogen) atoms. The van der Waals surface area contributed by atoms with Crippen LogP contribution in [0.1, 0.15) is 30.5 Å². The van der Waals surface area contributed by atoms with Crippen LogP contribution in [-0.4, -0.2) is 29.3 Å². The molecule has 0 bridgehead atoms. The predicted molar refractivity (Wildman–Crippen MR) is 149 cm³/mol. The highest BCUT2D eigenvalue weighted by Crippen LogP contribution is 2.26. The summed E-state index contributed by atoms with van der Waals surface area (Å²) in [7, 11) is 0. The molecule has 4 nitrogen and oxygen atoms in total. The van der Waals surface area contributed by atoms with Crippen LogP contribution in [0.3, 0.4) is 0 Å². The van der Waals surface area contributed by atoms with E-state index in [9.17, 15) is 9.59 Å². The van der Waals surface area contributed by atoms with E-state index in [0.29, 0.717) is 44.2 Å². The molecule has 0 aliphatic heterocycles. The largest absolute Gasteiger partial charge is 0.354 e. The highest BCUT2D eigenvalue weighted by Gasteiger charge is 2.31. The highest BCUT2D eigenvalue weighted by molar-refractivity contribution is 6.35. The van der Waals surface area contributed by atoms with E-state index in [-0.39, 0.29) is 30.7 Å². The Hall–Kier alpha value is -2.24. The lowest BCUT2D eigenvalue weighted by atomic mass is 10.0. The first-order chi connectivity index (χ1) is 17.1. The van der Waals surface area contributed by atoms with Gasteiger partial charge in [-0.2, -0.15) is 0 Å². The Kier molecular flexibility index (Phi) is 10.5. The Bertz CT molecular complexity index is 1200. The number of nitrogens with zero attached hydrogens (tertiary/aromatic N) is 1. The van der Waals surface area contributed by atoms with Crippen molar-refractivity contribution in [3.05, 3.63) is 104 Å². The van der Waals surface area contributed by atoms with Crippen molar-refractivity contribution in [2.75, 3.05) is 6.54 Å². The minimum Gasteiger partial charge on any atom is -0.354 e. The molecule has 8 heteroatoms. The molecule has 0 saturated carbocycles. The summed E-state index contributed by atoms with van der Waals surface area (Å²) >= 11 is 25.0. The molecule has 0 heterocycles. The van der Waals surface area contributed by atoms with Gasteiger partial charge < -0.3 is 10.2 Å². The molecule has 0 unspecified atom stereocenters. The molecule has 1 atom stereocenters. The Morgan fingerprint density at radius 2 is 1.42 bits per heavy atom. The van der Waals surface area contributed by atoms with Crippen LogP contribution < -0.4 is 5.32 Å². The van der Waals surface area contributed by atoms with Gasteiger partial charge in [-0.3, -0.25) is 9.59 Å².